The Morgan fingerprint density at radius 2 is 2.29 bits per heavy atom. The lowest BCUT2D eigenvalue weighted by atomic mass is 9.98. The highest BCUT2D eigenvalue weighted by Crippen LogP contribution is 2.42. The number of carboxylic acid groups (broad SMARTS) is 1. The summed E-state index contributed by atoms with van der Waals surface area (Å²) in [6, 6.07) is 5.30. The van der Waals surface area contributed by atoms with Crippen molar-refractivity contribution in [2.45, 2.75) is 16.1 Å². The standard InChI is InChI=1S/C11H13ClN2O2S/c12-8-3-7(13)1-2-9(8)17-11(4-10(15)16)5-14-6-11/h1-3,14H,4-6,13H2,(H,15,16). The average molecular weight is 273 g/mol. The maximum absolute atomic E-state index is 10.8. The monoisotopic (exact) mass is 272 g/mol. The molecule has 92 valence electrons. The summed E-state index contributed by atoms with van der Waals surface area (Å²) in [6.07, 6.45) is 0.130. The number of aliphatic carboxylic acids is 1. The Bertz CT molecular complexity index is 449. The second kappa shape index (κ2) is 4.76. The molecule has 0 aromatic heterocycles. The zero-order valence-corrected chi connectivity index (χ0v) is 10.6. The first kappa shape index (κ1) is 12.5. The SMILES string of the molecule is Nc1ccc(SC2(CC(=O)O)CNC2)c(Cl)c1. The van der Waals surface area contributed by atoms with Crippen LogP contribution in [0.1, 0.15) is 6.42 Å². The Balaban J connectivity index is 2.15. The Labute approximate surface area is 109 Å². The molecular weight excluding hydrogens is 260 g/mol. The van der Waals surface area contributed by atoms with Crippen LogP contribution in [0, 0.1) is 0 Å². The lowest BCUT2D eigenvalue weighted by Crippen LogP contribution is -2.57. The van der Waals surface area contributed by atoms with E-state index in [9.17, 15) is 4.79 Å². The summed E-state index contributed by atoms with van der Waals surface area (Å²) >= 11 is 7.60. The first-order valence-corrected chi connectivity index (χ1v) is 6.37. The Hall–Kier alpha value is -0.910. The summed E-state index contributed by atoms with van der Waals surface area (Å²) in [5, 5.41) is 12.6. The third-order valence-electron chi connectivity index (χ3n) is 2.65. The minimum Gasteiger partial charge on any atom is -0.481 e. The normalized spacial score (nSPS) is 17.5. The van der Waals surface area contributed by atoms with E-state index in [1.54, 1.807) is 12.1 Å². The molecule has 1 saturated heterocycles. The van der Waals surface area contributed by atoms with Crippen molar-refractivity contribution in [3.05, 3.63) is 23.2 Å². The lowest BCUT2D eigenvalue weighted by molar-refractivity contribution is -0.138. The van der Waals surface area contributed by atoms with Crippen molar-refractivity contribution in [1.29, 1.82) is 0 Å². The Morgan fingerprint density at radius 3 is 2.76 bits per heavy atom. The van der Waals surface area contributed by atoms with Gasteiger partial charge in [-0.25, -0.2) is 0 Å². The second-order valence-electron chi connectivity index (χ2n) is 4.15. The Kier molecular flexibility index (Phi) is 3.51. The van der Waals surface area contributed by atoms with Gasteiger partial charge in [-0.05, 0) is 18.2 Å². The maximum atomic E-state index is 10.8. The lowest BCUT2D eigenvalue weighted by Gasteiger charge is -2.41. The van der Waals surface area contributed by atoms with Crippen LogP contribution in [0.3, 0.4) is 0 Å². The van der Waals surface area contributed by atoms with Gasteiger partial charge in [-0.15, -0.1) is 11.8 Å². The van der Waals surface area contributed by atoms with Gasteiger partial charge in [0.05, 0.1) is 16.2 Å². The van der Waals surface area contributed by atoms with E-state index in [4.69, 9.17) is 22.4 Å². The molecule has 17 heavy (non-hydrogen) atoms. The molecular formula is C11H13ClN2O2S. The number of carboxylic acids is 1. The summed E-state index contributed by atoms with van der Waals surface area (Å²) in [6.45, 7) is 1.37. The van der Waals surface area contributed by atoms with Crippen LogP contribution in [0.2, 0.25) is 5.02 Å². The number of nitrogens with one attached hydrogen (secondary N) is 1. The molecule has 2 rings (SSSR count). The number of nitrogen functional groups attached to an aromatic ring is 1. The highest BCUT2D eigenvalue weighted by atomic mass is 35.5. The van der Waals surface area contributed by atoms with E-state index in [2.05, 4.69) is 5.32 Å². The first-order chi connectivity index (χ1) is 8.01. The van der Waals surface area contributed by atoms with Gasteiger partial charge >= 0.3 is 5.97 Å². The zero-order chi connectivity index (χ0) is 12.5. The number of anilines is 1. The van der Waals surface area contributed by atoms with Gasteiger partial charge < -0.3 is 16.2 Å². The van der Waals surface area contributed by atoms with Crippen molar-refractivity contribution in [2.75, 3.05) is 18.8 Å². The van der Waals surface area contributed by atoms with E-state index in [0.29, 0.717) is 23.8 Å². The largest absolute Gasteiger partial charge is 0.481 e. The molecule has 1 aliphatic heterocycles. The van der Waals surface area contributed by atoms with Crippen LogP contribution in [0.25, 0.3) is 0 Å². The highest BCUT2D eigenvalue weighted by molar-refractivity contribution is 8.01. The molecule has 4 nitrogen and oxygen atoms in total. The molecule has 0 aliphatic carbocycles. The second-order valence-corrected chi connectivity index (χ2v) is 6.07. The van der Waals surface area contributed by atoms with Gasteiger partial charge in [0.2, 0.25) is 0 Å². The molecule has 1 aromatic rings. The minimum atomic E-state index is -0.787. The van der Waals surface area contributed by atoms with Gasteiger partial charge in [0.1, 0.15) is 0 Å². The van der Waals surface area contributed by atoms with E-state index in [0.717, 1.165) is 4.90 Å². The summed E-state index contributed by atoms with van der Waals surface area (Å²) in [5.41, 5.74) is 6.23. The fourth-order valence-electron chi connectivity index (χ4n) is 1.75. The molecule has 1 aliphatic rings. The van der Waals surface area contributed by atoms with Crippen molar-refractivity contribution < 1.29 is 9.90 Å². The van der Waals surface area contributed by atoms with Crippen LogP contribution in [0.4, 0.5) is 5.69 Å². The highest BCUT2D eigenvalue weighted by Gasteiger charge is 2.40. The van der Waals surface area contributed by atoms with Crippen LogP contribution in [-0.4, -0.2) is 28.9 Å². The molecule has 0 spiro atoms. The third kappa shape index (κ3) is 2.86. The minimum absolute atomic E-state index is 0.130. The smallest absolute Gasteiger partial charge is 0.304 e. The first-order valence-electron chi connectivity index (χ1n) is 5.17. The van der Waals surface area contributed by atoms with Gasteiger partial charge in [0, 0.05) is 23.7 Å². The van der Waals surface area contributed by atoms with Crippen molar-refractivity contribution >= 4 is 35.0 Å². The van der Waals surface area contributed by atoms with E-state index < -0.39 is 5.97 Å². The van der Waals surface area contributed by atoms with Crippen LogP contribution in [-0.2, 0) is 4.79 Å². The van der Waals surface area contributed by atoms with Gasteiger partial charge in [-0.1, -0.05) is 11.6 Å². The zero-order valence-electron chi connectivity index (χ0n) is 9.07. The number of carbonyl (C=O) groups is 1. The van der Waals surface area contributed by atoms with E-state index in [-0.39, 0.29) is 11.2 Å². The van der Waals surface area contributed by atoms with E-state index in [1.165, 1.54) is 11.8 Å². The van der Waals surface area contributed by atoms with Crippen LogP contribution in [0.15, 0.2) is 23.1 Å². The molecule has 0 saturated carbocycles. The maximum Gasteiger partial charge on any atom is 0.304 e. The number of halogens is 1. The molecule has 4 N–H and O–H groups in total. The molecule has 0 bridgehead atoms. The summed E-state index contributed by atoms with van der Waals surface area (Å²) in [7, 11) is 0. The fraction of sp³-hybridized carbons (Fsp3) is 0.364. The quantitative estimate of drug-likeness (QED) is 0.729. The summed E-state index contributed by atoms with van der Waals surface area (Å²) in [5.74, 6) is -0.787. The summed E-state index contributed by atoms with van der Waals surface area (Å²) < 4.78 is -0.286. The van der Waals surface area contributed by atoms with Gasteiger partial charge in [0.25, 0.3) is 0 Å². The summed E-state index contributed by atoms with van der Waals surface area (Å²) in [4.78, 5) is 11.7. The third-order valence-corrected chi connectivity index (χ3v) is 4.52. The van der Waals surface area contributed by atoms with Crippen molar-refractivity contribution in [3.8, 4) is 0 Å². The topological polar surface area (TPSA) is 75.4 Å². The molecule has 0 radical (unpaired) electrons. The number of hydrogen-bond acceptors (Lipinski definition) is 4. The van der Waals surface area contributed by atoms with Gasteiger partial charge in [0.15, 0.2) is 0 Å². The van der Waals surface area contributed by atoms with Crippen molar-refractivity contribution in [1.82, 2.24) is 5.32 Å². The molecule has 1 fully saturated rings. The molecule has 0 atom stereocenters. The van der Waals surface area contributed by atoms with Crippen LogP contribution >= 0.6 is 23.4 Å². The van der Waals surface area contributed by atoms with Crippen molar-refractivity contribution in [3.63, 3.8) is 0 Å². The number of benzene rings is 1. The molecule has 1 heterocycles. The van der Waals surface area contributed by atoms with E-state index in [1.807, 2.05) is 6.07 Å². The Morgan fingerprint density at radius 1 is 1.59 bits per heavy atom. The number of rotatable bonds is 4. The number of hydrogen-bond donors (Lipinski definition) is 3. The molecule has 0 amide bonds. The van der Waals surface area contributed by atoms with Crippen LogP contribution in [0.5, 0.6) is 0 Å². The van der Waals surface area contributed by atoms with Crippen LogP contribution < -0.4 is 11.1 Å². The van der Waals surface area contributed by atoms with Gasteiger partial charge in [-0.3, -0.25) is 4.79 Å². The molecule has 0 unspecified atom stereocenters. The molecule has 6 heteroatoms. The fourth-order valence-corrected chi connectivity index (χ4v) is 3.35. The molecule has 1 aromatic carbocycles. The van der Waals surface area contributed by atoms with Gasteiger partial charge in [-0.2, -0.15) is 0 Å². The average Bonchev–Trinajstić information content (AvgIpc) is 2.18. The number of nitrogens with two attached hydrogens (primary N) is 1. The van der Waals surface area contributed by atoms with Crippen molar-refractivity contribution in [2.24, 2.45) is 0 Å². The number of thioether (sulfide) groups is 1. The predicted molar refractivity (Wildman–Crippen MR) is 69.6 cm³/mol. The van der Waals surface area contributed by atoms with E-state index >= 15 is 0 Å². The predicted octanol–water partition coefficient (Wildman–Crippen LogP) is 1.83.